The fourth-order valence-corrected chi connectivity index (χ4v) is 3.47. The summed E-state index contributed by atoms with van der Waals surface area (Å²) in [5.74, 6) is 1.87. The van der Waals surface area contributed by atoms with Crippen molar-refractivity contribution in [3.8, 4) is 17.2 Å². The van der Waals surface area contributed by atoms with E-state index in [-0.39, 0.29) is 11.8 Å². The largest absolute Gasteiger partial charge is 0.497 e. The first-order chi connectivity index (χ1) is 14.8. The highest BCUT2D eigenvalue weighted by Crippen LogP contribution is 2.30. The highest BCUT2D eigenvalue weighted by Gasteiger charge is 2.28. The Kier molecular flexibility index (Phi) is 7.05. The van der Waals surface area contributed by atoms with Crippen molar-refractivity contribution in [3.05, 3.63) is 47.5 Å². The lowest BCUT2D eigenvalue weighted by Gasteiger charge is -2.23. The van der Waals surface area contributed by atoms with E-state index in [1.807, 2.05) is 11.0 Å². The lowest BCUT2D eigenvalue weighted by molar-refractivity contribution is -0.137. The van der Waals surface area contributed by atoms with Crippen LogP contribution in [0.2, 0.25) is 0 Å². The number of hydrogen-bond donors (Lipinski definition) is 1. The molecule has 0 fully saturated rings. The molecule has 2 aromatic carbocycles. The number of anilines is 1. The summed E-state index contributed by atoms with van der Waals surface area (Å²) in [5, 5.41) is 2.91. The Balaban J connectivity index is 1.82. The van der Waals surface area contributed by atoms with Gasteiger partial charge in [-0.05, 0) is 49.6 Å². The molecule has 1 N–H and O–H groups in total. The molecule has 1 aliphatic heterocycles. The topological polar surface area (TPSA) is 77.1 Å². The lowest BCUT2D eigenvalue weighted by atomic mass is 10.1. The molecular formula is C24H30N2O5. The molecule has 1 unspecified atom stereocenters. The number of methoxy groups -OCH3 is 2. The Morgan fingerprint density at radius 3 is 2.65 bits per heavy atom. The average molecular weight is 427 g/mol. The Hall–Kier alpha value is -3.22. The van der Waals surface area contributed by atoms with Crippen LogP contribution in [0.3, 0.4) is 0 Å². The van der Waals surface area contributed by atoms with E-state index >= 15 is 0 Å². The van der Waals surface area contributed by atoms with Crippen molar-refractivity contribution in [1.29, 1.82) is 0 Å². The van der Waals surface area contributed by atoms with Gasteiger partial charge < -0.3 is 24.4 Å². The summed E-state index contributed by atoms with van der Waals surface area (Å²) in [6, 6.07) is 10.5. The van der Waals surface area contributed by atoms with Gasteiger partial charge in [0.05, 0.1) is 19.8 Å². The first-order valence-electron chi connectivity index (χ1n) is 10.4. The Morgan fingerprint density at radius 1 is 1.19 bits per heavy atom. The summed E-state index contributed by atoms with van der Waals surface area (Å²) in [4.78, 5) is 27.4. The van der Waals surface area contributed by atoms with Gasteiger partial charge in [0.2, 0.25) is 0 Å². The van der Waals surface area contributed by atoms with Gasteiger partial charge in [-0.25, -0.2) is 0 Å². The molecule has 0 aliphatic carbocycles. The molecule has 0 saturated heterocycles. The number of carbonyl (C=O) groups is 2. The quantitative estimate of drug-likeness (QED) is 0.721. The van der Waals surface area contributed by atoms with Crippen LogP contribution in [0.25, 0.3) is 0 Å². The summed E-state index contributed by atoms with van der Waals surface area (Å²) in [5.41, 5.74) is 1.88. The predicted octanol–water partition coefficient (Wildman–Crippen LogP) is 4.11. The van der Waals surface area contributed by atoms with Gasteiger partial charge in [0.15, 0.2) is 6.10 Å². The van der Waals surface area contributed by atoms with E-state index in [0.717, 1.165) is 12.0 Å². The zero-order valence-electron chi connectivity index (χ0n) is 18.7. The van der Waals surface area contributed by atoms with Crippen molar-refractivity contribution < 1.29 is 23.8 Å². The molecule has 1 heterocycles. The smallest absolute Gasteiger partial charge is 0.263 e. The first kappa shape index (κ1) is 22.5. The van der Waals surface area contributed by atoms with Gasteiger partial charge in [-0.3, -0.25) is 9.59 Å². The van der Waals surface area contributed by atoms with Gasteiger partial charge in [-0.2, -0.15) is 0 Å². The molecule has 0 aromatic heterocycles. The zero-order valence-corrected chi connectivity index (χ0v) is 18.7. The number of rotatable bonds is 7. The summed E-state index contributed by atoms with van der Waals surface area (Å²) in [6.07, 6.45) is 0.374. The number of nitrogens with one attached hydrogen (secondary N) is 1. The third-order valence-corrected chi connectivity index (χ3v) is 5.27. The average Bonchev–Trinajstić information content (AvgIpc) is 2.87. The molecule has 31 heavy (non-hydrogen) atoms. The van der Waals surface area contributed by atoms with E-state index < -0.39 is 6.10 Å². The van der Waals surface area contributed by atoms with Gasteiger partial charge >= 0.3 is 0 Å². The van der Waals surface area contributed by atoms with Crippen LogP contribution in [0.4, 0.5) is 5.69 Å². The Morgan fingerprint density at radius 2 is 1.97 bits per heavy atom. The van der Waals surface area contributed by atoms with Crippen molar-refractivity contribution in [2.24, 2.45) is 5.92 Å². The molecule has 2 amide bonds. The van der Waals surface area contributed by atoms with E-state index in [2.05, 4.69) is 19.2 Å². The van der Waals surface area contributed by atoms with Gasteiger partial charge in [0.1, 0.15) is 17.2 Å². The third-order valence-electron chi connectivity index (χ3n) is 5.27. The summed E-state index contributed by atoms with van der Waals surface area (Å²) < 4.78 is 16.4. The van der Waals surface area contributed by atoms with Crippen molar-refractivity contribution >= 4 is 17.5 Å². The molecule has 166 valence electrons. The van der Waals surface area contributed by atoms with Crippen LogP contribution in [0, 0.1) is 5.92 Å². The molecule has 3 rings (SSSR count). The van der Waals surface area contributed by atoms with E-state index in [1.54, 1.807) is 44.4 Å². The maximum atomic E-state index is 12.8. The predicted molar refractivity (Wildman–Crippen MR) is 119 cm³/mol. The minimum atomic E-state index is -0.544. The van der Waals surface area contributed by atoms with E-state index in [1.165, 1.54) is 7.11 Å². The molecule has 1 atom stereocenters. The standard InChI is InChI=1S/C24H30N2O5/c1-15(2)10-11-26-14-17-12-18(6-9-21(17)31-16(3)24(26)28)25-23(27)20-8-7-19(29-4)13-22(20)30-5/h6-9,12-13,15-16H,10-11,14H2,1-5H3,(H,25,27). The lowest BCUT2D eigenvalue weighted by Crippen LogP contribution is -2.38. The highest BCUT2D eigenvalue weighted by molar-refractivity contribution is 6.06. The minimum Gasteiger partial charge on any atom is -0.497 e. The van der Waals surface area contributed by atoms with Crippen molar-refractivity contribution in [1.82, 2.24) is 4.90 Å². The number of nitrogens with zero attached hydrogens (tertiary/aromatic N) is 1. The van der Waals surface area contributed by atoms with Crippen LogP contribution in [0.15, 0.2) is 36.4 Å². The van der Waals surface area contributed by atoms with Gasteiger partial charge in [0.25, 0.3) is 11.8 Å². The SMILES string of the molecule is COc1ccc(C(=O)Nc2ccc3c(c2)CN(CCC(C)C)C(=O)C(C)O3)c(OC)c1. The van der Waals surface area contributed by atoms with E-state index in [4.69, 9.17) is 14.2 Å². The first-order valence-corrected chi connectivity index (χ1v) is 10.4. The third kappa shape index (κ3) is 5.29. The summed E-state index contributed by atoms with van der Waals surface area (Å²) in [6.45, 7) is 7.16. The molecule has 7 heteroatoms. The maximum absolute atomic E-state index is 12.8. The molecule has 0 spiro atoms. The second-order valence-corrected chi connectivity index (χ2v) is 8.05. The molecule has 7 nitrogen and oxygen atoms in total. The molecular weight excluding hydrogens is 396 g/mol. The molecule has 1 aliphatic rings. The number of amides is 2. The minimum absolute atomic E-state index is 0.0228. The van der Waals surface area contributed by atoms with E-state index in [0.29, 0.717) is 47.5 Å². The normalized spacial score (nSPS) is 15.7. The van der Waals surface area contributed by atoms with E-state index in [9.17, 15) is 9.59 Å². The summed E-state index contributed by atoms with van der Waals surface area (Å²) in [7, 11) is 3.07. The van der Waals surface area contributed by atoms with Crippen LogP contribution in [-0.2, 0) is 11.3 Å². The van der Waals surface area contributed by atoms with Crippen molar-refractivity contribution in [3.63, 3.8) is 0 Å². The second kappa shape index (κ2) is 9.73. The summed E-state index contributed by atoms with van der Waals surface area (Å²) >= 11 is 0. The van der Waals surface area contributed by atoms with Crippen LogP contribution in [-0.4, -0.2) is 43.6 Å². The Bertz CT molecular complexity index is 957. The fraction of sp³-hybridized carbons (Fsp3) is 0.417. The van der Waals surface area contributed by atoms with Crippen LogP contribution in [0.5, 0.6) is 17.2 Å². The molecule has 0 radical (unpaired) electrons. The zero-order chi connectivity index (χ0) is 22.5. The highest BCUT2D eigenvalue weighted by atomic mass is 16.5. The molecule has 0 bridgehead atoms. The molecule has 2 aromatic rings. The molecule has 0 saturated carbocycles. The van der Waals surface area contributed by atoms with Crippen LogP contribution >= 0.6 is 0 Å². The van der Waals surface area contributed by atoms with Gasteiger partial charge in [-0.15, -0.1) is 0 Å². The number of hydrogen-bond acceptors (Lipinski definition) is 5. The number of carbonyl (C=O) groups excluding carboxylic acids is 2. The monoisotopic (exact) mass is 426 g/mol. The number of benzene rings is 2. The Labute approximate surface area is 183 Å². The fourth-order valence-electron chi connectivity index (χ4n) is 3.47. The second-order valence-electron chi connectivity index (χ2n) is 8.05. The van der Waals surface area contributed by atoms with Crippen molar-refractivity contribution in [2.45, 2.75) is 39.8 Å². The van der Waals surface area contributed by atoms with Gasteiger partial charge in [-0.1, -0.05) is 13.8 Å². The van der Waals surface area contributed by atoms with Gasteiger partial charge in [0, 0.05) is 30.4 Å². The maximum Gasteiger partial charge on any atom is 0.263 e. The number of ether oxygens (including phenoxy) is 3. The van der Waals surface area contributed by atoms with Crippen LogP contribution < -0.4 is 19.5 Å². The number of fused-ring (bicyclic) bond motifs is 1. The van der Waals surface area contributed by atoms with Crippen molar-refractivity contribution in [2.75, 3.05) is 26.1 Å². The van der Waals surface area contributed by atoms with Crippen LogP contribution in [0.1, 0.15) is 43.1 Å².